The van der Waals surface area contributed by atoms with Crippen molar-refractivity contribution in [1.82, 2.24) is 25.1 Å². The van der Waals surface area contributed by atoms with Gasteiger partial charge in [0.2, 0.25) is 0 Å². The van der Waals surface area contributed by atoms with Crippen LogP contribution < -0.4 is 10.2 Å². The minimum Gasteiger partial charge on any atom is -0.481 e. The molecule has 0 aliphatic carbocycles. The van der Waals surface area contributed by atoms with E-state index in [1.54, 1.807) is 43.3 Å². The summed E-state index contributed by atoms with van der Waals surface area (Å²) in [6.45, 7) is 5.67. The van der Waals surface area contributed by atoms with Crippen LogP contribution in [0.15, 0.2) is 88.6 Å². The Morgan fingerprint density at radius 3 is 2.54 bits per heavy atom. The molecule has 5 heterocycles. The summed E-state index contributed by atoms with van der Waals surface area (Å²) in [6.07, 6.45) is 3.34. The third kappa shape index (κ3) is 6.64. The number of carbonyl (C=O) groups is 3. The number of piperazine rings is 1. The highest BCUT2D eigenvalue weighted by molar-refractivity contribution is 7.11. The first-order chi connectivity index (χ1) is 24.9. The Kier molecular flexibility index (Phi) is 9.55. The van der Waals surface area contributed by atoms with Gasteiger partial charge >= 0.3 is 18.0 Å². The van der Waals surface area contributed by atoms with Gasteiger partial charge in [0.1, 0.15) is 11.9 Å². The molecule has 2 atom stereocenters. The van der Waals surface area contributed by atoms with Gasteiger partial charge in [0.05, 0.1) is 41.7 Å². The molecular weight excluding hydrogens is 709 g/mol. The van der Waals surface area contributed by atoms with Crippen LogP contribution in [-0.2, 0) is 19.7 Å². The van der Waals surface area contributed by atoms with Gasteiger partial charge in [0.15, 0.2) is 10.8 Å². The average Bonchev–Trinajstić information content (AvgIpc) is 3.80. The van der Waals surface area contributed by atoms with Crippen molar-refractivity contribution in [3.8, 4) is 11.3 Å². The van der Waals surface area contributed by atoms with Crippen molar-refractivity contribution >= 4 is 52.4 Å². The van der Waals surface area contributed by atoms with Crippen LogP contribution >= 0.6 is 22.9 Å². The molecule has 52 heavy (non-hydrogen) atoms. The first kappa shape index (κ1) is 35.2. The highest BCUT2D eigenvalue weighted by Gasteiger charge is 2.42. The molecule has 0 bridgehead atoms. The Morgan fingerprint density at radius 1 is 1.10 bits per heavy atom. The number of carboxylic acid groups (broad SMARTS) is 1. The van der Waals surface area contributed by atoms with Crippen LogP contribution in [-0.4, -0.2) is 94.6 Å². The van der Waals surface area contributed by atoms with Crippen molar-refractivity contribution in [2.45, 2.75) is 31.3 Å². The Labute approximate surface area is 308 Å². The summed E-state index contributed by atoms with van der Waals surface area (Å²) in [5.41, 5.74) is 3.16. The molecule has 268 valence electrons. The molecule has 0 unspecified atom stereocenters. The number of hydrogen-bond donors (Lipinski definition) is 2. The Bertz CT molecular complexity index is 2090. The van der Waals surface area contributed by atoms with Crippen LogP contribution in [0.25, 0.3) is 11.3 Å². The number of nitrogens with one attached hydrogen (secondary N) is 1. The molecule has 0 saturated carbocycles. The minimum atomic E-state index is -1.01. The van der Waals surface area contributed by atoms with Gasteiger partial charge in [-0.3, -0.25) is 24.6 Å². The number of nitrogens with zero attached hydrogens (tertiary/aromatic N) is 6. The Balaban J connectivity index is 1.09. The lowest BCUT2D eigenvalue weighted by molar-refractivity contribution is -0.142. The maximum absolute atomic E-state index is 14.0. The predicted octanol–water partition coefficient (Wildman–Crippen LogP) is 5.50. The van der Waals surface area contributed by atoms with E-state index in [4.69, 9.17) is 21.3 Å². The number of pyridine rings is 1. The highest BCUT2D eigenvalue weighted by Crippen LogP contribution is 2.37. The van der Waals surface area contributed by atoms with E-state index in [1.807, 2.05) is 34.5 Å². The lowest BCUT2D eigenvalue weighted by atomic mass is 9.84. The summed E-state index contributed by atoms with van der Waals surface area (Å²) in [5, 5.41) is 15.5. The van der Waals surface area contributed by atoms with Gasteiger partial charge in [0.25, 0.3) is 0 Å². The lowest BCUT2D eigenvalue weighted by Gasteiger charge is -2.38. The number of esters is 1. The van der Waals surface area contributed by atoms with Crippen LogP contribution in [0.1, 0.15) is 36.0 Å². The van der Waals surface area contributed by atoms with E-state index in [-0.39, 0.29) is 22.7 Å². The van der Waals surface area contributed by atoms with E-state index in [9.17, 15) is 23.9 Å². The van der Waals surface area contributed by atoms with Gasteiger partial charge in [-0.15, -0.1) is 11.3 Å². The number of aliphatic imine (C=N–C) groups is 1. The fourth-order valence-electron chi connectivity index (χ4n) is 6.72. The molecule has 2 fully saturated rings. The molecule has 7 rings (SSSR count). The normalized spacial score (nSPS) is 19.3. The van der Waals surface area contributed by atoms with Gasteiger partial charge in [-0.05, 0) is 43.7 Å². The number of ether oxygens (including phenoxy) is 1. The molecule has 4 aromatic rings. The standard InChI is InChI=1S/C37H35ClFN7O5S/c1-37(2,35(48)49)22-6-4-21(5-7-22)28-11-9-24(17-41-28)46-19-25-18-44(13-14-45(25)36(46)50)20-29-30(34(47)51-3)31(26-10-8-23(39)16-27(26)38)43-32(42-29)33-40-12-15-52-33/h4-12,15-17,25,31H,13-14,18-20H2,1-3H3,(H,42,43)(H,48,49)/t25-,31-/m0/s1. The van der Waals surface area contributed by atoms with E-state index in [1.165, 1.54) is 36.6 Å². The summed E-state index contributed by atoms with van der Waals surface area (Å²) < 4.78 is 19.3. The molecule has 12 nitrogen and oxygen atoms in total. The van der Waals surface area contributed by atoms with E-state index in [0.29, 0.717) is 71.8 Å². The summed E-state index contributed by atoms with van der Waals surface area (Å²) in [5.74, 6) is -1.54. The van der Waals surface area contributed by atoms with Gasteiger partial charge < -0.3 is 20.1 Å². The number of carboxylic acids is 1. The van der Waals surface area contributed by atoms with Crippen molar-refractivity contribution in [2.75, 3.05) is 44.7 Å². The van der Waals surface area contributed by atoms with E-state index in [2.05, 4.69) is 20.2 Å². The number of halogens is 2. The third-order valence-electron chi connectivity index (χ3n) is 9.74. The number of hydrogen-bond acceptors (Lipinski definition) is 10. The molecule has 15 heteroatoms. The van der Waals surface area contributed by atoms with Crippen molar-refractivity contribution in [3.05, 3.63) is 111 Å². The molecule has 2 saturated heterocycles. The molecular formula is C37H35ClFN7O5S. The number of rotatable bonds is 9. The molecule has 0 radical (unpaired) electrons. The Morgan fingerprint density at radius 2 is 1.88 bits per heavy atom. The quantitative estimate of drug-likeness (QED) is 0.213. The predicted molar refractivity (Wildman–Crippen MR) is 195 cm³/mol. The number of carbonyl (C=O) groups excluding carboxylic acids is 2. The number of methoxy groups -OCH3 is 1. The number of aromatic nitrogens is 2. The zero-order chi connectivity index (χ0) is 36.7. The zero-order valence-corrected chi connectivity index (χ0v) is 30.1. The molecule has 3 aliphatic rings. The van der Waals surface area contributed by atoms with Crippen LogP contribution in [0.5, 0.6) is 0 Å². The topological polar surface area (TPSA) is 141 Å². The van der Waals surface area contributed by atoms with Crippen molar-refractivity contribution in [2.24, 2.45) is 4.99 Å². The van der Waals surface area contributed by atoms with Crippen molar-refractivity contribution in [1.29, 1.82) is 0 Å². The third-order valence-corrected chi connectivity index (χ3v) is 10.8. The second-order valence-corrected chi connectivity index (χ2v) is 14.6. The molecule has 3 aliphatic heterocycles. The van der Waals surface area contributed by atoms with E-state index in [0.717, 1.165) is 5.56 Å². The maximum Gasteiger partial charge on any atom is 0.338 e. The van der Waals surface area contributed by atoms with Crippen molar-refractivity contribution in [3.63, 3.8) is 0 Å². The van der Waals surface area contributed by atoms with Crippen LogP contribution in [0.2, 0.25) is 5.02 Å². The highest BCUT2D eigenvalue weighted by atomic mass is 35.5. The first-order valence-electron chi connectivity index (χ1n) is 16.6. The number of aliphatic carboxylic acids is 1. The monoisotopic (exact) mass is 743 g/mol. The van der Waals surface area contributed by atoms with E-state index >= 15 is 0 Å². The fraction of sp³-hybridized carbons (Fsp3) is 0.297. The van der Waals surface area contributed by atoms with Crippen molar-refractivity contribution < 1.29 is 28.6 Å². The average molecular weight is 744 g/mol. The van der Waals surface area contributed by atoms with Crippen LogP contribution in [0.4, 0.5) is 14.9 Å². The second-order valence-electron chi connectivity index (χ2n) is 13.3. The number of fused-ring (bicyclic) bond motifs is 1. The smallest absolute Gasteiger partial charge is 0.338 e. The maximum atomic E-state index is 14.0. The molecule has 0 spiro atoms. The van der Waals surface area contributed by atoms with Crippen LogP contribution in [0, 0.1) is 5.82 Å². The molecule has 2 aromatic heterocycles. The fourth-order valence-corrected chi connectivity index (χ4v) is 7.58. The molecule has 2 aromatic carbocycles. The largest absolute Gasteiger partial charge is 0.481 e. The number of thiazole rings is 1. The lowest BCUT2D eigenvalue weighted by Crippen LogP contribution is -2.53. The summed E-state index contributed by atoms with van der Waals surface area (Å²) in [6, 6.07) is 13.9. The molecule has 2 amide bonds. The van der Waals surface area contributed by atoms with Gasteiger partial charge in [-0.25, -0.2) is 19.0 Å². The van der Waals surface area contributed by atoms with Gasteiger partial charge in [-0.2, -0.15) is 0 Å². The van der Waals surface area contributed by atoms with Gasteiger partial charge in [0, 0.05) is 66.1 Å². The summed E-state index contributed by atoms with van der Waals surface area (Å²) in [4.78, 5) is 58.2. The zero-order valence-electron chi connectivity index (χ0n) is 28.5. The SMILES string of the molecule is COC(=O)C1=C(CN2CCN3C(=O)N(c4ccc(-c5ccc(C(C)(C)C(=O)O)cc5)nc4)C[C@@H]3C2)NC(c2nccs2)=N[C@H]1c1ccc(F)cc1Cl. The Hall–Kier alpha value is -5.18. The second kappa shape index (κ2) is 14.1. The number of anilines is 1. The minimum absolute atomic E-state index is 0.103. The van der Waals surface area contributed by atoms with E-state index < -0.39 is 29.2 Å². The summed E-state index contributed by atoms with van der Waals surface area (Å²) in [7, 11) is 1.30. The summed E-state index contributed by atoms with van der Waals surface area (Å²) >= 11 is 7.89. The molecule has 2 N–H and O–H groups in total. The first-order valence-corrected chi connectivity index (χ1v) is 17.8. The van der Waals surface area contributed by atoms with Crippen LogP contribution in [0.3, 0.4) is 0 Å². The number of amides is 2. The number of benzene rings is 2. The number of urea groups is 1. The van der Waals surface area contributed by atoms with Gasteiger partial charge in [-0.1, -0.05) is 41.9 Å². The number of amidine groups is 1.